The number of hydrogen-bond donors (Lipinski definition) is 0. The van der Waals surface area contributed by atoms with Crippen LogP contribution in [0.15, 0.2) is 32.5 Å². The molecular formula is C10H6Br2NOS. The summed E-state index contributed by atoms with van der Waals surface area (Å²) in [6, 6.07) is 5.79. The van der Waals surface area contributed by atoms with Gasteiger partial charge in [-0.25, -0.2) is 4.98 Å². The standard InChI is InChI=1S/C10H6Br2NOS/c11-7-1-2-10(9(12)3-7)14-4-8-5-15-6-13-8/h1-3,5H,4H2. The molecule has 0 fully saturated rings. The van der Waals surface area contributed by atoms with Gasteiger partial charge in [-0.1, -0.05) is 15.9 Å². The van der Waals surface area contributed by atoms with Gasteiger partial charge < -0.3 is 4.74 Å². The van der Waals surface area contributed by atoms with Crippen molar-refractivity contribution in [2.75, 3.05) is 0 Å². The quantitative estimate of drug-likeness (QED) is 0.835. The van der Waals surface area contributed by atoms with E-state index in [0.717, 1.165) is 20.4 Å². The normalized spacial score (nSPS) is 10.3. The molecule has 0 aliphatic rings. The molecule has 2 nitrogen and oxygen atoms in total. The van der Waals surface area contributed by atoms with Crippen LogP contribution in [-0.2, 0) is 6.61 Å². The number of hydrogen-bond acceptors (Lipinski definition) is 3. The van der Waals surface area contributed by atoms with Crippen LogP contribution in [0.25, 0.3) is 0 Å². The van der Waals surface area contributed by atoms with Crippen LogP contribution in [0.3, 0.4) is 0 Å². The summed E-state index contributed by atoms with van der Waals surface area (Å²) in [5.41, 5.74) is 3.68. The van der Waals surface area contributed by atoms with Crippen molar-refractivity contribution in [3.05, 3.63) is 43.7 Å². The van der Waals surface area contributed by atoms with Crippen LogP contribution in [0, 0.1) is 5.51 Å². The molecule has 2 rings (SSSR count). The third kappa shape index (κ3) is 3.03. The Morgan fingerprint density at radius 1 is 1.40 bits per heavy atom. The number of halogens is 2. The molecule has 5 heteroatoms. The van der Waals surface area contributed by atoms with Gasteiger partial charge in [0.1, 0.15) is 12.4 Å². The van der Waals surface area contributed by atoms with Gasteiger partial charge in [0.2, 0.25) is 0 Å². The highest BCUT2D eigenvalue weighted by Crippen LogP contribution is 2.28. The van der Waals surface area contributed by atoms with Gasteiger partial charge in [-0.15, -0.1) is 11.3 Å². The van der Waals surface area contributed by atoms with Crippen LogP contribution in [0.2, 0.25) is 0 Å². The summed E-state index contributed by atoms with van der Waals surface area (Å²) < 4.78 is 7.54. The van der Waals surface area contributed by atoms with Crippen LogP contribution < -0.4 is 4.74 Å². The Balaban J connectivity index is 2.05. The molecule has 0 saturated heterocycles. The summed E-state index contributed by atoms with van der Waals surface area (Å²) in [6.45, 7) is 0.472. The lowest BCUT2D eigenvalue weighted by Crippen LogP contribution is -1.95. The average Bonchev–Trinajstić information content (AvgIpc) is 2.69. The molecule has 0 aliphatic carbocycles. The zero-order valence-electron chi connectivity index (χ0n) is 7.54. The molecule has 0 N–H and O–H groups in total. The molecular weight excluding hydrogens is 342 g/mol. The predicted octanol–water partition coefficient (Wildman–Crippen LogP) is 4.05. The summed E-state index contributed by atoms with van der Waals surface area (Å²) in [6.07, 6.45) is 0. The topological polar surface area (TPSA) is 22.1 Å². The van der Waals surface area contributed by atoms with Crippen molar-refractivity contribution in [2.45, 2.75) is 6.61 Å². The Morgan fingerprint density at radius 2 is 2.27 bits per heavy atom. The number of nitrogens with zero attached hydrogens (tertiary/aromatic N) is 1. The summed E-state index contributed by atoms with van der Waals surface area (Å²) in [5.74, 6) is 0.811. The van der Waals surface area contributed by atoms with Crippen molar-refractivity contribution in [1.29, 1.82) is 0 Å². The van der Waals surface area contributed by atoms with Gasteiger partial charge in [-0.05, 0) is 34.1 Å². The van der Waals surface area contributed by atoms with E-state index >= 15 is 0 Å². The van der Waals surface area contributed by atoms with E-state index in [4.69, 9.17) is 4.74 Å². The lowest BCUT2D eigenvalue weighted by Gasteiger charge is -2.06. The first-order valence-electron chi connectivity index (χ1n) is 4.14. The van der Waals surface area contributed by atoms with E-state index in [2.05, 4.69) is 42.4 Å². The fourth-order valence-electron chi connectivity index (χ4n) is 1.02. The van der Waals surface area contributed by atoms with Crippen LogP contribution >= 0.6 is 43.2 Å². The van der Waals surface area contributed by atoms with E-state index in [-0.39, 0.29) is 0 Å². The fourth-order valence-corrected chi connectivity index (χ4v) is 2.66. The zero-order chi connectivity index (χ0) is 10.7. The second kappa shape index (κ2) is 5.09. The smallest absolute Gasteiger partial charge is 0.152 e. The minimum atomic E-state index is 0.472. The van der Waals surface area contributed by atoms with Gasteiger partial charge >= 0.3 is 0 Å². The van der Waals surface area contributed by atoms with Gasteiger partial charge in [-0.2, -0.15) is 0 Å². The maximum absolute atomic E-state index is 5.59. The average molecular weight is 348 g/mol. The molecule has 15 heavy (non-hydrogen) atoms. The molecule has 0 bridgehead atoms. The van der Waals surface area contributed by atoms with Gasteiger partial charge in [0.15, 0.2) is 5.51 Å². The van der Waals surface area contributed by atoms with E-state index in [9.17, 15) is 0 Å². The molecule has 0 atom stereocenters. The first kappa shape index (κ1) is 11.1. The Hall–Kier alpha value is -0.390. The number of thiazole rings is 1. The van der Waals surface area contributed by atoms with Gasteiger partial charge in [-0.3, -0.25) is 0 Å². The largest absolute Gasteiger partial charge is 0.486 e. The Bertz CT molecular complexity index is 445. The van der Waals surface area contributed by atoms with Crippen LogP contribution in [0.4, 0.5) is 0 Å². The minimum absolute atomic E-state index is 0.472. The van der Waals surface area contributed by atoms with Crippen molar-refractivity contribution in [1.82, 2.24) is 4.98 Å². The van der Waals surface area contributed by atoms with Crippen molar-refractivity contribution in [3.8, 4) is 5.75 Å². The SMILES string of the molecule is Brc1ccc(OCc2cs[c]n2)c(Br)c1. The summed E-state index contributed by atoms with van der Waals surface area (Å²) in [5, 5.41) is 1.92. The van der Waals surface area contributed by atoms with Gasteiger partial charge in [0.25, 0.3) is 0 Å². The molecule has 0 saturated carbocycles. The monoisotopic (exact) mass is 346 g/mol. The maximum Gasteiger partial charge on any atom is 0.152 e. The molecule has 1 heterocycles. The molecule has 77 valence electrons. The van der Waals surface area contributed by atoms with Crippen LogP contribution in [-0.4, -0.2) is 4.98 Å². The highest BCUT2D eigenvalue weighted by atomic mass is 79.9. The summed E-state index contributed by atoms with van der Waals surface area (Å²) >= 11 is 8.26. The first-order valence-corrected chi connectivity index (χ1v) is 6.60. The number of rotatable bonds is 3. The van der Waals surface area contributed by atoms with Crippen molar-refractivity contribution >= 4 is 43.2 Å². The third-order valence-corrected chi connectivity index (χ3v) is 3.41. The maximum atomic E-state index is 5.59. The Labute approximate surface area is 109 Å². The van der Waals surface area contributed by atoms with E-state index in [1.165, 1.54) is 11.3 Å². The predicted molar refractivity (Wildman–Crippen MR) is 67.1 cm³/mol. The van der Waals surface area contributed by atoms with Gasteiger partial charge in [0.05, 0.1) is 10.2 Å². The number of ether oxygens (including phenoxy) is 1. The molecule has 0 spiro atoms. The first-order chi connectivity index (χ1) is 7.25. The Kier molecular flexibility index (Phi) is 3.77. The molecule has 0 aliphatic heterocycles. The zero-order valence-corrected chi connectivity index (χ0v) is 11.5. The number of benzene rings is 1. The lowest BCUT2D eigenvalue weighted by molar-refractivity contribution is 0.300. The van der Waals surface area contributed by atoms with Gasteiger partial charge in [0, 0.05) is 9.85 Å². The highest BCUT2D eigenvalue weighted by Gasteiger charge is 2.02. The number of aromatic nitrogens is 1. The lowest BCUT2D eigenvalue weighted by atomic mass is 10.3. The fraction of sp³-hybridized carbons (Fsp3) is 0.100. The van der Waals surface area contributed by atoms with E-state index in [1.807, 2.05) is 23.6 Å². The molecule has 1 aromatic heterocycles. The van der Waals surface area contributed by atoms with E-state index in [0.29, 0.717) is 6.61 Å². The van der Waals surface area contributed by atoms with Crippen molar-refractivity contribution < 1.29 is 4.74 Å². The Morgan fingerprint density at radius 3 is 2.93 bits per heavy atom. The molecule has 2 aromatic rings. The second-order valence-corrected chi connectivity index (χ2v) is 5.22. The van der Waals surface area contributed by atoms with E-state index < -0.39 is 0 Å². The second-order valence-electron chi connectivity index (χ2n) is 2.79. The highest BCUT2D eigenvalue weighted by molar-refractivity contribution is 9.11. The van der Waals surface area contributed by atoms with Crippen molar-refractivity contribution in [2.24, 2.45) is 0 Å². The van der Waals surface area contributed by atoms with Crippen LogP contribution in [0.5, 0.6) is 5.75 Å². The molecule has 0 amide bonds. The van der Waals surface area contributed by atoms with Crippen LogP contribution in [0.1, 0.15) is 5.69 Å². The summed E-state index contributed by atoms with van der Waals surface area (Å²) in [4.78, 5) is 4.02. The molecule has 0 unspecified atom stereocenters. The van der Waals surface area contributed by atoms with E-state index in [1.54, 1.807) is 0 Å². The van der Waals surface area contributed by atoms with Crippen molar-refractivity contribution in [3.63, 3.8) is 0 Å². The third-order valence-electron chi connectivity index (χ3n) is 1.71. The summed E-state index contributed by atoms with van der Waals surface area (Å²) in [7, 11) is 0. The minimum Gasteiger partial charge on any atom is -0.486 e. The molecule has 1 radical (unpaired) electrons. The molecule has 1 aromatic carbocycles.